The van der Waals surface area contributed by atoms with Crippen molar-refractivity contribution in [2.24, 2.45) is 11.8 Å². The number of fused-ring (bicyclic) bond motifs is 1. The monoisotopic (exact) mass is 356 g/mol. The molecule has 26 heavy (non-hydrogen) atoms. The van der Waals surface area contributed by atoms with Crippen molar-refractivity contribution in [3.63, 3.8) is 0 Å². The summed E-state index contributed by atoms with van der Waals surface area (Å²) in [7, 11) is 0. The lowest BCUT2D eigenvalue weighted by Gasteiger charge is -2.32. The van der Waals surface area contributed by atoms with Gasteiger partial charge in [0.05, 0.1) is 24.3 Å². The predicted octanol–water partition coefficient (Wildman–Crippen LogP) is 3.12. The fourth-order valence-corrected chi connectivity index (χ4v) is 4.06. The van der Waals surface area contributed by atoms with Crippen molar-refractivity contribution in [3.05, 3.63) is 35.2 Å². The fraction of sp³-hybridized carbons (Fsp3) is 0.700. The van der Waals surface area contributed by atoms with E-state index in [4.69, 9.17) is 14.2 Å². The van der Waals surface area contributed by atoms with Gasteiger partial charge in [0.25, 0.3) is 0 Å². The fourth-order valence-electron chi connectivity index (χ4n) is 4.06. The quantitative estimate of drug-likeness (QED) is 0.727. The van der Waals surface area contributed by atoms with E-state index in [1.54, 1.807) is 0 Å². The third-order valence-corrected chi connectivity index (χ3v) is 5.78. The molecule has 6 heteroatoms. The van der Waals surface area contributed by atoms with E-state index >= 15 is 0 Å². The summed E-state index contributed by atoms with van der Waals surface area (Å²) in [5.74, 6) is 2.93. The van der Waals surface area contributed by atoms with Gasteiger partial charge in [-0.2, -0.15) is 0 Å². The highest BCUT2D eigenvalue weighted by Crippen LogP contribution is 2.35. The third kappa shape index (κ3) is 3.71. The molecule has 0 bridgehead atoms. The second-order valence-electron chi connectivity index (χ2n) is 8.45. The summed E-state index contributed by atoms with van der Waals surface area (Å²) < 4.78 is 13.7. The summed E-state index contributed by atoms with van der Waals surface area (Å²) in [6, 6.07) is 2.03. The van der Waals surface area contributed by atoms with Crippen LogP contribution in [0, 0.1) is 18.8 Å². The van der Waals surface area contributed by atoms with E-state index in [2.05, 4.69) is 21.0 Å². The summed E-state index contributed by atoms with van der Waals surface area (Å²) >= 11 is 0. The van der Waals surface area contributed by atoms with Crippen molar-refractivity contribution in [1.82, 2.24) is 19.6 Å². The number of imidazole rings is 1. The molecule has 3 aliphatic rings. The van der Waals surface area contributed by atoms with E-state index < -0.39 is 0 Å². The molecule has 1 unspecified atom stereocenters. The van der Waals surface area contributed by atoms with Crippen LogP contribution in [0.5, 0.6) is 0 Å². The van der Waals surface area contributed by atoms with Gasteiger partial charge in [0.15, 0.2) is 0 Å². The van der Waals surface area contributed by atoms with Crippen LogP contribution in [0.1, 0.15) is 54.4 Å². The highest BCUT2D eigenvalue weighted by atomic mass is 16.5. The molecule has 0 spiro atoms. The summed E-state index contributed by atoms with van der Waals surface area (Å²) in [5, 5.41) is 4.16. The average Bonchev–Trinajstić information content (AvgIpc) is 3.53. The van der Waals surface area contributed by atoms with Gasteiger partial charge in [-0.3, -0.25) is 4.90 Å². The zero-order valence-corrected chi connectivity index (χ0v) is 15.6. The number of rotatable bonds is 8. The van der Waals surface area contributed by atoms with Crippen molar-refractivity contribution in [3.8, 4) is 0 Å². The molecular weight excluding hydrogens is 328 g/mol. The van der Waals surface area contributed by atoms with Crippen LogP contribution in [0.2, 0.25) is 0 Å². The summed E-state index contributed by atoms with van der Waals surface area (Å²) in [5.41, 5.74) is 3.64. The minimum Gasteiger partial charge on any atom is -0.380 e. The standard InChI is InChI=1S/C20H28N4O2/c1-14-6-18(22-26-14)9-23-8-17(12-25-11-16-4-5-16)20-19(10-23)21-13-24(20)7-15-2-3-15/h6,13,15-17H,2-5,7-12H2,1H3. The maximum Gasteiger partial charge on any atom is 0.133 e. The molecule has 1 atom stereocenters. The van der Waals surface area contributed by atoms with E-state index in [1.807, 2.05) is 13.0 Å². The van der Waals surface area contributed by atoms with Crippen molar-refractivity contribution >= 4 is 0 Å². The number of aryl methyl sites for hydroxylation is 1. The minimum absolute atomic E-state index is 0.395. The third-order valence-electron chi connectivity index (χ3n) is 5.78. The van der Waals surface area contributed by atoms with Crippen molar-refractivity contribution in [2.45, 2.75) is 58.2 Å². The normalized spacial score (nSPS) is 23.3. The molecule has 1 aliphatic heterocycles. The Morgan fingerprint density at radius 2 is 2.04 bits per heavy atom. The Balaban J connectivity index is 1.32. The van der Waals surface area contributed by atoms with E-state index in [1.165, 1.54) is 37.1 Å². The molecule has 2 aromatic rings. The number of nitrogens with zero attached hydrogens (tertiary/aromatic N) is 4. The molecule has 140 valence electrons. The van der Waals surface area contributed by atoms with Crippen LogP contribution in [0.25, 0.3) is 0 Å². The van der Waals surface area contributed by atoms with E-state index in [9.17, 15) is 0 Å². The van der Waals surface area contributed by atoms with Gasteiger partial charge in [0, 0.05) is 50.5 Å². The molecule has 0 aromatic carbocycles. The van der Waals surface area contributed by atoms with Gasteiger partial charge in [-0.15, -0.1) is 0 Å². The Labute approximate surface area is 154 Å². The van der Waals surface area contributed by atoms with Gasteiger partial charge in [-0.1, -0.05) is 5.16 Å². The molecule has 6 nitrogen and oxygen atoms in total. The van der Waals surface area contributed by atoms with Gasteiger partial charge < -0.3 is 13.8 Å². The van der Waals surface area contributed by atoms with Gasteiger partial charge in [0.2, 0.25) is 0 Å². The molecule has 5 rings (SSSR count). The lowest BCUT2D eigenvalue weighted by atomic mass is 9.98. The van der Waals surface area contributed by atoms with E-state index in [-0.39, 0.29) is 0 Å². The SMILES string of the molecule is Cc1cc(CN2Cc3ncn(CC4CC4)c3C(COCC3CC3)C2)no1. The van der Waals surface area contributed by atoms with Crippen LogP contribution in [0.3, 0.4) is 0 Å². The van der Waals surface area contributed by atoms with E-state index in [0.717, 1.165) is 62.7 Å². The van der Waals surface area contributed by atoms with Gasteiger partial charge >= 0.3 is 0 Å². The minimum atomic E-state index is 0.395. The Hall–Kier alpha value is -1.66. The molecule has 0 amide bonds. The first kappa shape index (κ1) is 16.5. The zero-order valence-electron chi connectivity index (χ0n) is 15.6. The summed E-state index contributed by atoms with van der Waals surface area (Å²) in [4.78, 5) is 7.19. The molecule has 2 aromatic heterocycles. The highest BCUT2D eigenvalue weighted by Gasteiger charge is 2.33. The molecule has 0 saturated heterocycles. The number of ether oxygens (including phenoxy) is 1. The Morgan fingerprint density at radius 1 is 1.19 bits per heavy atom. The van der Waals surface area contributed by atoms with Gasteiger partial charge in [-0.05, 0) is 44.4 Å². The van der Waals surface area contributed by atoms with Crippen LogP contribution in [-0.2, 0) is 24.4 Å². The number of hydrogen-bond acceptors (Lipinski definition) is 5. The topological polar surface area (TPSA) is 56.3 Å². The molecular formula is C20H28N4O2. The van der Waals surface area contributed by atoms with Crippen LogP contribution in [0.4, 0.5) is 0 Å². The molecule has 0 N–H and O–H groups in total. The Morgan fingerprint density at radius 3 is 2.77 bits per heavy atom. The molecule has 2 fully saturated rings. The zero-order chi connectivity index (χ0) is 17.5. The average molecular weight is 356 g/mol. The van der Waals surface area contributed by atoms with E-state index in [0.29, 0.717) is 5.92 Å². The second kappa shape index (κ2) is 6.82. The van der Waals surface area contributed by atoms with Gasteiger partial charge in [-0.25, -0.2) is 4.98 Å². The first-order valence-corrected chi connectivity index (χ1v) is 10.0. The molecule has 0 radical (unpaired) electrons. The van der Waals surface area contributed by atoms with Crippen LogP contribution in [-0.4, -0.2) is 39.4 Å². The Kier molecular flexibility index (Phi) is 4.33. The summed E-state index contributed by atoms with van der Waals surface area (Å²) in [6.07, 6.45) is 7.47. The van der Waals surface area contributed by atoms with Crippen LogP contribution in [0.15, 0.2) is 16.9 Å². The first-order chi connectivity index (χ1) is 12.7. The Bertz CT molecular complexity index is 760. The first-order valence-electron chi connectivity index (χ1n) is 10.0. The van der Waals surface area contributed by atoms with Crippen molar-refractivity contribution < 1.29 is 9.26 Å². The largest absolute Gasteiger partial charge is 0.380 e. The highest BCUT2D eigenvalue weighted by molar-refractivity contribution is 5.23. The van der Waals surface area contributed by atoms with Gasteiger partial charge in [0.1, 0.15) is 5.76 Å². The molecule has 2 saturated carbocycles. The lowest BCUT2D eigenvalue weighted by Crippen LogP contribution is -2.36. The van der Waals surface area contributed by atoms with Crippen LogP contribution < -0.4 is 0 Å². The molecule has 3 heterocycles. The van der Waals surface area contributed by atoms with Crippen LogP contribution >= 0.6 is 0 Å². The number of hydrogen-bond donors (Lipinski definition) is 0. The predicted molar refractivity (Wildman–Crippen MR) is 96.6 cm³/mol. The maximum atomic E-state index is 6.10. The molecule has 2 aliphatic carbocycles. The van der Waals surface area contributed by atoms with Crippen molar-refractivity contribution in [2.75, 3.05) is 19.8 Å². The summed E-state index contributed by atoms with van der Waals surface area (Å²) in [6.45, 7) is 7.49. The number of aromatic nitrogens is 3. The lowest BCUT2D eigenvalue weighted by molar-refractivity contribution is 0.0858. The smallest absolute Gasteiger partial charge is 0.133 e. The van der Waals surface area contributed by atoms with Crippen molar-refractivity contribution in [1.29, 1.82) is 0 Å². The maximum absolute atomic E-state index is 6.10. The second-order valence-corrected chi connectivity index (χ2v) is 8.45.